The van der Waals surface area contributed by atoms with Crippen LogP contribution in [0.2, 0.25) is 0 Å². The highest BCUT2D eigenvalue weighted by molar-refractivity contribution is 5.92. The highest BCUT2D eigenvalue weighted by Crippen LogP contribution is 1.86. The summed E-state index contributed by atoms with van der Waals surface area (Å²) in [5.74, 6) is -2.83. The van der Waals surface area contributed by atoms with Crippen molar-refractivity contribution in [2.75, 3.05) is 0 Å². The van der Waals surface area contributed by atoms with E-state index in [0.29, 0.717) is 0 Å². The van der Waals surface area contributed by atoms with E-state index >= 15 is 0 Å². The van der Waals surface area contributed by atoms with Gasteiger partial charge in [-0.2, -0.15) is 0 Å². The molecule has 0 saturated heterocycles. The number of carbonyl (C=O) groups excluding carboxylic acids is 2. The molecule has 0 aromatic rings. The molecule has 8 N–H and O–H groups in total. The van der Waals surface area contributed by atoms with E-state index in [0.717, 1.165) is 12.2 Å². The minimum Gasteiger partial charge on any atom is -0.367 e. The second-order valence-corrected chi connectivity index (χ2v) is 2.19. The topological polar surface area (TPSA) is 181 Å². The van der Waals surface area contributed by atoms with E-state index in [1.54, 1.807) is 0 Å². The predicted octanol–water partition coefficient (Wildman–Crippen LogP) is -2.99. The van der Waals surface area contributed by atoms with Crippen molar-refractivity contribution in [2.45, 2.75) is 0 Å². The monoisotopic (exact) mass is 230 g/mol. The third-order valence-electron chi connectivity index (χ3n) is 0.838. The fourth-order valence-corrected chi connectivity index (χ4v) is 0.392. The van der Waals surface area contributed by atoms with Gasteiger partial charge in [-0.25, -0.2) is 9.59 Å². The standard InChI is InChI=1S/C6H10N6O4/c7-5(8)11-15-3(13)1-2-4(14)16-12-6(9)10/h1-2H,(H4,7,8,11)(H4,9,10,12)/b2-1-. The van der Waals surface area contributed by atoms with Gasteiger partial charge in [-0.1, -0.05) is 0 Å². The highest BCUT2D eigenvalue weighted by atomic mass is 16.7. The van der Waals surface area contributed by atoms with Crippen LogP contribution in [0.25, 0.3) is 0 Å². The zero-order valence-electron chi connectivity index (χ0n) is 7.99. The lowest BCUT2D eigenvalue weighted by Gasteiger charge is -1.92. The summed E-state index contributed by atoms with van der Waals surface area (Å²) in [6, 6.07) is 0. The van der Waals surface area contributed by atoms with Gasteiger partial charge in [0.25, 0.3) is 0 Å². The van der Waals surface area contributed by atoms with Crippen LogP contribution in [0.4, 0.5) is 0 Å². The molecule has 0 saturated carbocycles. The molecule has 88 valence electrons. The molecule has 0 radical (unpaired) electrons. The summed E-state index contributed by atoms with van der Waals surface area (Å²) in [5, 5.41) is 5.86. The molecule has 0 aliphatic carbocycles. The maximum absolute atomic E-state index is 10.8. The maximum atomic E-state index is 10.8. The summed E-state index contributed by atoms with van der Waals surface area (Å²) < 4.78 is 0. The van der Waals surface area contributed by atoms with E-state index in [1.807, 2.05) is 0 Å². The van der Waals surface area contributed by atoms with Crippen LogP contribution in [0.3, 0.4) is 0 Å². The molecule has 0 aliphatic rings. The molecule has 0 atom stereocenters. The number of nitrogens with two attached hydrogens (primary N) is 4. The van der Waals surface area contributed by atoms with Gasteiger partial charge in [0.1, 0.15) is 0 Å². The minimum atomic E-state index is -0.977. The number of carbonyl (C=O) groups is 2. The molecule has 0 aromatic heterocycles. The third-order valence-corrected chi connectivity index (χ3v) is 0.838. The Bertz CT molecular complexity index is 318. The van der Waals surface area contributed by atoms with Gasteiger partial charge in [0, 0.05) is 12.2 Å². The molecule has 0 fully saturated rings. The smallest absolute Gasteiger partial charge is 0.359 e. The van der Waals surface area contributed by atoms with Crippen molar-refractivity contribution in [1.82, 2.24) is 0 Å². The van der Waals surface area contributed by atoms with E-state index in [2.05, 4.69) is 20.0 Å². The number of hydrogen-bond donors (Lipinski definition) is 4. The number of hydrogen-bond acceptors (Lipinski definition) is 6. The molecule has 0 amide bonds. The molecular formula is C6H10N6O4. The highest BCUT2D eigenvalue weighted by Gasteiger charge is 2.00. The summed E-state index contributed by atoms with van der Waals surface area (Å²) in [5.41, 5.74) is 19.5. The van der Waals surface area contributed by atoms with Gasteiger partial charge in [0.05, 0.1) is 0 Å². The Hall–Kier alpha value is -2.78. The minimum absolute atomic E-state index is 0.440. The summed E-state index contributed by atoms with van der Waals surface area (Å²) in [6.07, 6.45) is 1.44. The molecule has 0 bridgehead atoms. The first-order valence-electron chi connectivity index (χ1n) is 3.69. The quantitative estimate of drug-likeness (QED) is 0.129. The largest absolute Gasteiger partial charge is 0.367 e. The lowest BCUT2D eigenvalue weighted by Crippen LogP contribution is -2.23. The van der Waals surface area contributed by atoms with Gasteiger partial charge in [-0.3, -0.25) is 0 Å². The van der Waals surface area contributed by atoms with Crippen molar-refractivity contribution in [1.29, 1.82) is 0 Å². The first-order chi connectivity index (χ1) is 7.41. The Balaban J connectivity index is 4.08. The number of nitrogens with zero attached hydrogens (tertiary/aromatic N) is 2. The number of guanidine groups is 2. The summed E-state index contributed by atoms with van der Waals surface area (Å²) in [7, 11) is 0. The van der Waals surface area contributed by atoms with Crippen LogP contribution in [0, 0.1) is 0 Å². The van der Waals surface area contributed by atoms with Crippen molar-refractivity contribution < 1.29 is 19.3 Å². The van der Waals surface area contributed by atoms with Crippen molar-refractivity contribution in [3.8, 4) is 0 Å². The molecule has 0 heterocycles. The van der Waals surface area contributed by atoms with Crippen molar-refractivity contribution >= 4 is 23.9 Å². The van der Waals surface area contributed by atoms with Crippen molar-refractivity contribution in [3.05, 3.63) is 12.2 Å². The van der Waals surface area contributed by atoms with Crippen LogP contribution in [0.5, 0.6) is 0 Å². The van der Waals surface area contributed by atoms with Crippen LogP contribution in [-0.2, 0) is 19.3 Å². The van der Waals surface area contributed by atoms with Gasteiger partial charge in [0.2, 0.25) is 11.9 Å². The van der Waals surface area contributed by atoms with Crippen LogP contribution in [0.15, 0.2) is 22.5 Å². The van der Waals surface area contributed by atoms with Gasteiger partial charge >= 0.3 is 11.9 Å². The Morgan fingerprint density at radius 2 is 1.12 bits per heavy atom. The molecular weight excluding hydrogens is 220 g/mol. The Labute approximate surface area is 89.5 Å². The average molecular weight is 230 g/mol. The van der Waals surface area contributed by atoms with E-state index in [1.165, 1.54) is 0 Å². The molecule has 0 rings (SSSR count). The fraction of sp³-hybridized carbons (Fsp3) is 0. The van der Waals surface area contributed by atoms with Crippen LogP contribution >= 0.6 is 0 Å². The molecule has 0 spiro atoms. The molecule has 0 aromatic carbocycles. The Kier molecular flexibility index (Phi) is 5.49. The van der Waals surface area contributed by atoms with Crippen molar-refractivity contribution in [2.24, 2.45) is 33.2 Å². The summed E-state index contributed by atoms with van der Waals surface area (Å²) >= 11 is 0. The first-order valence-corrected chi connectivity index (χ1v) is 3.69. The zero-order valence-corrected chi connectivity index (χ0v) is 7.99. The van der Waals surface area contributed by atoms with E-state index in [9.17, 15) is 9.59 Å². The lowest BCUT2D eigenvalue weighted by atomic mass is 10.5. The van der Waals surface area contributed by atoms with Gasteiger partial charge in [-0.05, 0) is 10.3 Å². The zero-order chi connectivity index (χ0) is 12.6. The predicted molar refractivity (Wildman–Crippen MR) is 52.9 cm³/mol. The Morgan fingerprint density at radius 3 is 1.38 bits per heavy atom. The van der Waals surface area contributed by atoms with Crippen LogP contribution in [-0.4, -0.2) is 23.9 Å². The normalized spacial score (nSPS) is 9.25. The molecule has 0 unspecified atom stereocenters. The van der Waals surface area contributed by atoms with E-state index in [4.69, 9.17) is 22.9 Å². The second-order valence-electron chi connectivity index (χ2n) is 2.19. The second kappa shape index (κ2) is 6.64. The Morgan fingerprint density at radius 1 is 0.812 bits per heavy atom. The van der Waals surface area contributed by atoms with E-state index in [-0.39, 0.29) is 0 Å². The molecule has 0 aliphatic heterocycles. The summed E-state index contributed by atoms with van der Waals surface area (Å²) in [6.45, 7) is 0. The van der Waals surface area contributed by atoms with Gasteiger partial charge in [-0.15, -0.1) is 0 Å². The average Bonchev–Trinajstić information content (AvgIpc) is 2.20. The fourth-order valence-electron chi connectivity index (χ4n) is 0.392. The third kappa shape index (κ3) is 7.85. The van der Waals surface area contributed by atoms with Gasteiger partial charge in [0.15, 0.2) is 0 Å². The molecule has 16 heavy (non-hydrogen) atoms. The number of oxime groups is 2. The number of rotatable bonds is 4. The molecule has 10 nitrogen and oxygen atoms in total. The van der Waals surface area contributed by atoms with E-state index < -0.39 is 23.9 Å². The molecule has 10 heteroatoms. The van der Waals surface area contributed by atoms with Crippen LogP contribution < -0.4 is 22.9 Å². The van der Waals surface area contributed by atoms with Crippen molar-refractivity contribution in [3.63, 3.8) is 0 Å². The maximum Gasteiger partial charge on any atom is 0.359 e. The SMILES string of the molecule is NC(N)=NOC(=O)/C=C\C(=O)ON=C(N)N. The summed E-state index contributed by atoms with van der Waals surface area (Å²) in [4.78, 5) is 29.7. The first kappa shape index (κ1) is 13.2. The van der Waals surface area contributed by atoms with Crippen LogP contribution in [0.1, 0.15) is 0 Å². The lowest BCUT2D eigenvalue weighted by molar-refractivity contribution is -0.140. The van der Waals surface area contributed by atoms with Gasteiger partial charge < -0.3 is 32.6 Å².